The lowest BCUT2D eigenvalue weighted by atomic mass is 10.1. The third kappa shape index (κ3) is 3.06. The van der Waals surface area contributed by atoms with Gasteiger partial charge in [0.15, 0.2) is 0 Å². The van der Waals surface area contributed by atoms with Crippen molar-refractivity contribution in [2.75, 3.05) is 13.1 Å². The molecule has 1 amide bonds. The normalized spacial score (nSPS) is 16.6. The van der Waals surface area contributed by atoms with Crippen molar-refractivity contribution < 1.29 is 4.79 Å². The van der Waals surface area contributed by atoms with Crippen LogP contribution in [0, 0.1) is 0 Å². The molecule has 0 spiro atoms. The van der Waals surface area contributed by atoms with Crippen LogP contribution >= 0.6 is 15.9 Å². The molecule has 16 heavy (non-hydrogen) atoms. The summed E-state index contributed by atoms with van der Waals surface area (Å²) in [5.41, 5.74) is 4.38. The molecule has 1 aromatic rings. The standard InChI is InChI=1S/C12H15BrN2O/c13-11-5-3-10(4-6-11)7-9-15-12(16)2-1-8-14-15/h3-6,14H,1-2,7-9H2. The van der Waals surface area contributed by atoms with Crippen molar-refractivity contribution in [2.45, 2.75) is 19.3 Å². The van der Waals surface area contributed by atoms with Crippen LogP contribution in [0.1, 0.15) is 18.4 Å². The summed E-state index contributed by atoms with van der Waals surface area (Å²) in [7, 11) is 0. The first-order chi connectivity index (χ1) is 7.75. The van der Waals surface area contributed by atoms with Crippen LogP contribution in [0.15, 0.2) is 28.7 Å². The van der Waals surface area contributed by atoms with E-state index < -0.39 is 0 Å². The average Bonchev–Trinajstić information content (AvgIpc) is 2.30. The molecule has 1 aliphatic heterocycles. The van der Waals surface area contributed by atoms with Crippen LogP contribution in [0.3, 0.4) is 0 Å². The molecule has 0 saturated carbocycles. The number of carbonyl (C=O) groups excluding carboxylic acids is 1. The van der Waals surface area contributed by atoms with Crippen LogP contribution in [0.4, 0.5) is 0 Å². The summed E-state index contributed by atoms with van der Waals surface area (Å²) in [5, 5.41) is 1.74. The molecule has 1 aromatic carbocycles. The van der Waals surface area contributed by atoms with Crippen LogP contribution in [0.25, 0.3) is 0 Å². The Kier molecular flexibility index (Phi) is 3.96. The summed E-state index contributed by atoms with van der Waals surface area (Å²) in [6, 6.07) is 8.22. The average molecular weight is 283 g/mol. The fourth-order valence-electron chi connectivity index (χ4n) is 1.77. The molecule has 0 unspecified atom stereocenters. The first-order valence-corrected chi connectivity index (χ1v) is 6.33. The molecule has 2 rings (SSSR count). The maximum absolute atomic E-state index is 11.5. The SMILES string of the molecule is O=C1CCCNN1CCc1ccc(Br)cc1. The Hall–Kier alpha value is -0.870. The van der Waals surface area contributed by atoms with E-state index in [0.717, 1.165) is 30.4 Å². The molecule has 0 aromatic heterocycles. The van der Waals surface area contributed by atoms with E-state index in [1.807, 2.05) is 12.1 Å². The van der Waals surface area contributed by atoms with Gasteiger partial charge in [-0.15, -0.1) is 0 Å². The Bertz CT molecular complexity index is 364. The van der Waals surface area contributed by atoms with Crippen molar-refractivity contribution in [1.29, 1.82) is 0 Å². The van der Waals surface area contributed by atoms with Gasteiger partial charge in [-0.2, -0.15) is 0 Å². The highest BCUT2D eigenvalue weighted by molar-refractivity contribution is 9.10. The molecule has 0 atom stereocenters. The summed E-state index contributed by atoms with van der Waals surface area (Å²) in [6.07, 6.45) is 2.52. The van der Waals surface area contributed by atoms with Gasteiger partial charge in [0.25, 0.3) is 0 Å². The molecule has 86 valence electrons. The van der Waals surface area contributed by atoms with Crippen LogP contribution in [-0.4, -0.2) is 24.0 Å². The summed E-state index contributed by atoms with van der Waals surface area (Å²) >= 11 is 3.41. The fourth-order valence-corrected chi connectivity index (χ4v) is 2.04. The number of hydrogen-bond donors (Lipinski definition) is 1. The Morgan fingerprint density at radius 2 is 2.06 bits per heavy atom. The van der Waals surface area contributed by atoms with Crippen LogP contribution in [0.2, 0.25) is 0 Å². The van der Waals surface area contributed by atoms with Gasteiger partial charge >= 0.3 is 0 Å². The quantitative estimate of drug-likeness (QED) is 0.921. The predicted molar refractivity (Wildman–Crippen MR) is 66.8 cm³/mol. The van der Waals surface area contributed by atoms with Crippen molar-refractivity contribution in [3.05, 3.63) is 34.3 Å². The highest BCUT2D eigenvalue weighted by Crippen LogP contribution is 2.11. The van der Waals surface area contributed by atoms with E-state index in [0.29, 0.717) is 6.42 Å². The van der Waals surface area contributed by atoms with Crippen LogP contribution < -0.4 is 5.43 Å². The Morgan fingerprint density at radius 1 is 1.31 bits per heavy atom. The number of hydrogen-bond acceptors (Lipinski definition) is 2. The monoisotopic (exact) mass is 282 g/mol. The first-order valence-electron chi connectivity index (χ1n) is 5.54. The van der Waals surface area contributed by atoms with Gasteiger partial charge in [-0.3, -0.25) is 9.80 Å². The van der Waals surface area contributed by atoms with Gasteiger partial charge in [-0.25, -0.2) is 5.43 Å². The Morgan fingerprint density at radius 3 is 2.75 bits per heavy atom. The molecule has 1 aliphatic rings. The molecule has 3 nitrogen and oxygen atoms in total. The summed E-state index contributed by atoms with van der Waals surface area (Å²) < 4.78 is 1.09. The zero-order chi connectivity index (χ0) is 11.4. The topological polar surface area (TPSA) is 32.3 Å². The van der Waals surface area contributed by atoms with Gasteiger partial charge < -0.3 is 0 Å². The number of benzene rings is 1. The minimum Gasteiger partial charge on any atom is -0.278 e. The zero-order valence-electron chi connectivity index (χ0n) is 9.08. The van der Waals surface area contributed by atoms with E-state index in [1.165, 1.54) is 5.56 Å². The molecule has 0 bridgehead atoms. The highest BCUT2D eigenvalue weighted by Gasteiger charge is 2.16. The zero-order valence-corrected chi connectivity index (χ0v) is 10.7. The molecule has 1 fully saturated rings. The van der Waals surface area contributed by atoms with E-state index in [4.69, 9.17) is 0 Å². The molecule has 1 saturated heterocycles. The summed E-state index contributed by atoms with van der Waals surface area (Å²) in [5.74, 6) is 0.211. The van der Waals surface area contributed by atoms with Crippen LogP contribution in [0.5, 0.6) is 0 Å². The maximum Gasteiger partial charge on any atom is 0.236 e. The number of nitrogens with zero attached hydrogens (tertiary/aromatic N) is 1. The molecule has 0 aliphatic carbocycles. The summed E-state index contributed by atoms with van der Waals surface area (Å²) in [6.45, 7) is 1.66. The maximum atomic E-state index is 11.5. The number of hydrazine groups is 1. The van der Waals surface area contributed by atoms with E-state index >= 15 is 0 Å². The third-order valence-corrected chi connectivity index (χ3v) is 3.24. The second kappa shape index (κ2) is 5.46. The number of halogens is 1. The lowest BCUT2D eigenvalue weighted by molar-refractivity contribution is -0.136. The highest BCUT2D eigenvalue weighted by atomic mass is 79.9. The number of amides is 1. The van der Waals surface area contributed by atoms with Crippen molar-refractivity contribution in [1.82, 2.24) is 10.4 Å². The van der Waals surface area contributed by atoms with Gasteiger partial charge in [0.05, 0.1) is 0 Å². The second-order valence-electron chi connectivity index (χ2n) is 3.93. The van der Waals surface area contributed by atoms with E-state index in [2.05, 4.69) is 33.5 Å². The number of nitrogens with one attached hydrogen (secondary N) is 1. The van der Waals surface area contributed by atoms with Crippen LogP contribution in [-0.2, 0) is 11.2 Å². The van der Waals surface area contributed by atoms with Gasteiger partial charge in [-0.05, 0) is 30.5 Å². The summed E-state index contributed by atoms with van der Waals surface area (Å²) in [4.78, 5) is 11.5. The molecule has 1 heterocycles. The van der Waals surface area contributed by atoms with Gasteiger partial charge in [0.2, 0.25) is 5.91 Å². The van der Waals surface area contributed by atoms with Crippen molar-refractivity contribution >= 4 is 21.8 Å². The predicted octanol–water partition coefficient (Wildman–Crippen LogP) is 2.12. The van der Waals surface area contributed by atoms with E-state index in [9.17, 15) is 4.79 Å². The van der Waals surface area contributed by atoms with Gasteiger partial charge in [-0.1, -0.05) is 28.1 Å². The molecule has 4 heteroatoms. The largest absolute Gasteiger partial charge is 0.278 e. The smallest absolute Gasteiger partial charge is 0.236 e. The number of rotatable bonds is 3. The van der Waals surface area contributed by atoms with Crippen molar-refractivity contribution in [3.63, 3.8) is 0 Å². The first kappa shape index (κ1) is 11.6. The molecule has 1 N–H and O–H groups in total. The third-order valence-electron chi connectivity index (χ3n) is 2.71. The molecule has 0 radical (unpaired) electrons. The minimum absolute atomic E-state index is 0.211. The molecular formula is C12H15BrN2O. The van der Waals surface area contributed by atoms with Gasteiger partial charge in [0, 0.05) is 24.0 Å². The Labute approximate surface area is 104 Å². The van der Waals surface area contributed by atoms with Gasteiger partial charge in [0.1, 0.15) is 0 Å². The van der Waals surface area contributed by atoms with E-state index in [-0.39, 0.29) is 5.91 Å². The second-order valence-corrected chi connectivity index (χ2v) is 4.85. The van der Waals surface area contributed by atoms with E-state index in [1.54, 1.807) is 5.01 Å². The number of carbonyl (C=O) groups is 1. The molecular weight excluding hydrogens is 268 g/mol. The minimum atomic E-state index is 0.211. The van der Waals surface area contributed by atoms with Crippen molar-refractivity contribution in [2.24, 2.45) is 0 Å². The lowest BCUT2D eigenvalue weighted by Gasteiger charge is -2.27. The Balaban J connectivity index is 1.86. The fraction of sp³-hybridized carbons (Fsp3) is 0.417. The lowest BCUT2D eigenvalue weighted by Crippen LogP contribution is -2.47. The van der Waals surface area contributed by atoms with Crippen molar-refractivity contribution in [3.8, 4) is 0 Å².